The predicted molar refractivity (Wildman–Crippen MR) is 57.4 cm³/mol. The number of methoxy groups -OCH3 is 1. The highest BCUT2D eigenvalue weighted by Crippen LogP contribution is 2.18. The number of pyridine rings is 1. The van der Waals surface area contributed by atoms with Gasteiger partial charge in [-0.3, -0.25) is 9.78 Å². The SMILES string of the molecule is COC(=O)Cc1ccnc2cc(F)ccc12. The van der Waals surface area contributed by atoms with Crippen LogP contribution in [0.25, 0.3) is 10.9 Å². The van der Waals surface area contributed by atoms with Gasteiger partial charge in [-0.05, 0) is 23.8 Å². The lowest BCUT2D eigenvalue weighted by atomic mass is 10.1. The third-order valence-corrected chi connectivity index (χ3v) is 2.36. The van der Waals surface area contributed by atoms with Crippen LogP contribution in [0.15, 0.2) is 30.5 Å². The first kappa shape index (κ1) is 10.5. The smallest absolute Gasteiger partial charge is 0.310 e. The maximum atomic E-state index is 13.0. The van der Waals surface area contributed by atoms with E-state index in [2.05, 4.69) is 9.72 Å². The number of esters is 1. The number of carbonyl (C=O) groups is 1. The van der Waals surface area contributed by atoms with Crippen LogP contribution in [0, 0.1) is 5.82 Å². The van der Waals surface area contributed by atoms with E-state index >= 15 is 0 Å². The van der Waals surface area contributed by atoms with Crippen molar-refractivity contribution in [3.8, 4) is 0 Å². The molecule has 0 fully saturated rings. The molecule has 1 aromatic heterocycles. The maximum absolute atomic E-state index is 13.0. The van der Waals surface area contributed by atoms with Crippen LogP contribution in [0.3, 0.4) is 0 Å². The summed E-state index contributed by atoms with van der Waals surface area (Å²) >= 11 is 0. The fourth-order valence-electron chi connectivity index (χ4n) is 1.56. The summed E-state index contributed by atoms with van der Waals surface area (Å²) in [4.78, 5) is 15.2. The Kier molecular flexibility index (Phi) is 2.81. The molecule has 0 aliphatic heterocycles. The topological polar surface area (TPSA) is 39.2 Å². The van der Waals surface area contributed by atoms with Crippen molar-refractivity contribution in [2.24, 2.45) is 0 Å². The summed E-state index contributed by atoms with van der Waals surface area (Å²) in [5.41, 5.74) is 1.33. The van der Waals surface area contributed by atoms with Gasteiger partial charge >= 0.3 is 5.97 Å². The van der Waals surface area contributed by atoms with Crippen molar-refractivity contribution in [1.82, 2.24) is 4.98 Å². The Morgan fingerprint density at radius 1 is 1.44 bits per heavy atom. The molecule has 0 aliphatic rings. The Bertz CT molecular complexity index is 540. The number of ether oxygens (including phenoxy) is 1. The molecule has 0 amide bonds. The standard InChI is InChI=1S/C12H10FNO2/c1-16-12(15)6-8-4-5-14-11-7-9(13)2-3-10(8)11/h2-5,7H,6H2,1H3. The molecule has 2 rings (SSSR count). The molecule has 2 aromatic rings. The average molecular weight is 219 g/mol. The minimum Gasteiger partial charge on any atom is -0.469 e. The van der Waals surface area contributed by atoms with Gasteiger partial charge in [0.1, 0.15) is 5.82 Å². The van der Waals surface area contributed by atoms with E-state index in [0.717, 1.165) is 10.9 Å². The van der Waals surface area contributed by atoms with E-state index in [0.29, 0.717) is 5.52 Å². The Morgan fingerprint density at radius 2 is 2.25 bits per heavy atom. The summed E-state index contributed by atoms with van der Waals surface area (Å²) in [6.45, 7) is 0. The maximum Gasteiger partial charge on any atom is 0.310 e. The fraction of sp³-hybridized carbons (Fsp3) is 0.167. The van der Waals surface area contributed by atoms with Crippen LogP contribution < -0.4 is 0 Å². The number of hydrogen-bond donors (Lipinski definition) is 0. The Balaban J connectivity index is 2.49. The van der Waals surface area contributed by atoms with Gasteiger partial charge in [-0.15, -0.1) is 0 Å². The first-order valence-corrected chi connectivity index (χ1v) is 4.80. The lowest BCUT2D eigenvalue weighted by Crippen LogP contribution is -2.05. The monoisotopic (exact) mass is 219 g/mol. The summed E-state index contributed by atoms with van der Waals surface area (Å²) in [5.74, 6) is -0.660. The van der Waals surface area contributed by atoms with E-state index in [-0.39, 0.29) is 18.2 Å². The molecule has 4 heteroatoms. The number of hydrogen-bond acceptors (Lipinski definition) is 3. The molecule has 0 aliphatic carbocycles. The Hall–Kier alpha value is -1.97. The first-order chi connectivity index (χ1) is 7.70. The number of halogens is 1. The number of benzene rings is 1. The van der Waals surface area contributed by atoms with Crippen LogP contribution >= 0.6 is 0 Å². The van der Waals surface area contributed by atoms with Gasteiger partial charge in [0.25, 0.3) is 0 Å². The molecule has 0 bridgehead atoms. The normalized spacial score (nSPS) is 10.4. The van der Waals surface area contributed by atoms with Crippen molar-refractivity contribution in [2.45, 2.75) is 6.42 Å². The second-order valence-electron chi connectivity index (χ2n) is 3.38. The molecule has 82 valence electrons. The lowest BCUT2D eigenvalue weighted by molar-refractivity contribution is -0.139. The van der Waals surface area contributed by atoms with Crippen LogP contribution in [0.2, 0.25) is 0 Å². The summed E-state index contributed by atoms with van der Waals surface area (Å²) in [6.07, 6.45) is 1.72. The van der Waals surface area contributed by atoms with E-state index in [1.165, 1.54) is 19.2 Å². The molecule has 3 nitrogen and oxygen atoms in total. The lowest BCUT2D eigenvalue weighted by Gasteiger charge is -2.04. The molecular weight excluding hydrogens is 209 g/mol. The summed E-state index contributed by atoms with van der Waals surface area (Å²) in [6, 6.07) is 6.05. The third-order valence-electron chi connectivity index (χ3n) is 2.36. The highest BCUT2D eigenvalue weighted by Gasteiger charge is 2.07. The van der Waals surface area contributed by atoms with Crippen molar-refractivity contribution >= 4 is 16.9 Å². The Morgan fingerprint density at radius 3 is 3.00 bits per heavy atom. The van der Waals surface area contributed by atoms with Gasteiger partial charge in [-0.2, -0.15) is 0 Å². The highest BCUT2D eigenvalue weighted by molar-refractivity contribution is 5.86. The predicted octanol–water partition coefficient (Wildman–Crippen LogP) is 2.09. The minimum absolute atomic E-state index is 0.168. The molecule has 1 aromatic carbocycles. The van der Waals surface area contributed by atoms with Crippen molar-refractivity contribution in [1.29, 1.82) is 0 Å². The largest absolute Gasteiger partial charge is 0.469 e. The van der Waals surface area contributed by atoms with E-state index < -0.39 is 0 Å². The Labute approximate surface area is 91.9 Å². The van der Waals surface area contributed by atoms with Gasteiger partial charge in [0.15, 0.2) is 0 Å². The fourth-order valence-corrected chi connectivity index (χ4v) is 1.56. The number of fused-ring (bicyclic) bond motifs is 1. The van der Waals surface area contributed by atoms with Crippen LogP contribution in [0.5, 0.6) is 0 Å². The molecule has 0 unspecified atom stereocenters. The molecule has 0 saturated heterocycles. The van der Waals surface area contributed by atoms with Crippen molar-refractivity contribution in [2.75, 3.05) is 7.11 Å². The minimum atomic E-state index is -0.338. The van der Waals surface area contributed by atoms with Gasteiger partial charge in [-0.1, -0.05) is 0 Å². The van der Waals surface area contributed by atoms with E-state index in [4.69, 9.17) is 0 Å². The van der Waals surface area contributed by atoms with Crippen molar-refractivity contribution in [3.63, 3.8) is 0 Å². The second kappa shape index (κ2) is 4.26. The quantitative estimate of drug-likeness (QED) is 0.726. The van der Waals surface area contributed by atoms with Crippen LogP contribution in [0.1, 0.15) is 5.56 Å². The number of aromatic nitrogens is 1. The highest BCUT2D eigenvalue weighted by atomic mass is 19.1. The zero-order valence-corrected chi connectivity index (χ0v) is 8.74. The molecule has 0 N–H and O–H groups in total. The van der Waals surface area contributed by atoms with Crippen molar-refractivity contribution in [3.05, 3.63) is 41.8 Å². The molecule has 0 atom stereocenters. The van der Waals surface area contributed by atoms with Crippen LogP contribution in [-0.2, 0) is 16.0 Å². The van der Waals surface area contributed by atoms with Gasteiger partial charge in [0.05, 0.1) is 19.0 Å². The number of carbonyl (C=O) groups excluding carboxylic acids is 1. The average Bonchev–Trinajstić information content (AvgIpc) is 2.28. The van der Waals surface area contributed by atoms with Crippen LogP contribution in [0.4, 0.5) is 4.39 Å². The van der Waals surface area contributed by atoms with E-state index in [9.17, 15) is 9.18 Å². The molecular formula is C12H10FNO2. The summed E-state index contributed by atoms with van der Waals surface area (Å²) in [5, 5.41) is 0.773. The van der Waals surface area contributed by atoms with Gasteiger partial charge in [-0.25, -0.2) is 4.39 Å². The number of nitrogens with zero attached hydrogens (tertiary/aromatic N) is 1. The van der Waals surface area contributed by atoms with Gasteiger partial charge in [0, 0.05) is 17.6 Å². The van der Waals surface area contributed by atoms with Crippen molar-refractivity contribution < 1.29 is 13.9 Å². The molecule has 0 spiro atoms. The van der Waals surface area contributed by atoms with Gasteiger partial charge < -0.3 is 4.74 Å². The molecule has 16 heavy (non-hydrogen) atoms. The molecule has 0 saturated carbocycles. The van der Waals surface area contributed by atoms with E-state index in [1.54, 1.807) is 18.3 Å². The molecule has 1 heterocycles. The van der Waals surface area contributed by atoms with E-state index in [1.807, 2.05) is 0 Å². The zero-order chi connectivity index (χ0) is 11.5. The third kappa shape index (κ3) is 2.00. The first-order valence-electron chi connectivity index (χ1n) is 4.80. The summed E-state index contributed by atoms with van der Waals surface area (Å²) < 4.78 is 17.6. The second-order valence-corrected chi connectivity index (χ2v) is 3.38. The molecule has 0 radical (unpaired) electrons. The summed E-state index contributed by atoms with van der Waals surface area (Å²) in [7, 11) is 1.34. The number of rotatable bonds is 2. The zero-order valence-electron chi connectivity index (χ0n) is 8.74. The van der Waals surface area contributed by atoms with Gasteiger partial charge in [0.2, 0.25) is 0 Å². The van der Waals surface area contributed by atoms with Crippen LogP contribution in [-0.4, -0.2) is 18.1 Å².